The van der Waals surface area contributed by atoms with Crippen molar-refractivity contribution in [3.8, 4) is 0 Å². The van der Waals surface area contributed by atoms with Crippen LogP contribution in [0, 0.1) is 0 Å². The third-order valence-electron chi connectivity index (χ3n) is 3.25. The number of hydrogen-bond acceptors (Lipinski definition) is 5. The normalized spacial score (nSPS) is 12.9. The van der Waals surface area contributed by atoms with Gasteiger partial charge in [0.1, 0.15) is 5.82 Å². The Morgan fingerprint density at radius 1 is 1.39 bits per heavy atom. The van der Waals surface area contributed by atoms with E-state index in [1.807, 2.05) is 12.1 Å². The summed E-state index contributed by atoms with van der Waals surface area (Å²) in [5, 5.41) is 0. The predicted octanol–water partition coefficient (Wildman–Crippen LogP) is 0.770. The lowest BCUT2D eigenvalue weighted by atomic mass is 10.0. The summed E-state index contributed by atoms with van der Waals surface area (Å²) in [6, 6.07) is 4.16. The minimum atomic E-state index is 0.271. The van der Waals surface area contributed by atoms with E-state index in [0.717, 1.165) is 32.5 Å². The molecular weight excluding hydrogens is 226 g/mol. The van der Waals surface area contributed by atoms with Gasteiger partial charge in [0.15, 0.2) is 0 Å². The van der Waals surface area contributed by atoms with Gasteiger partial charge in [-0.3, -0.25) is 11.3 Å². The highest BCUT2D eigenvalue weighted by Crippen LogP contribution is 2.08. The molecule has 5 nitrogen and oxygen atoms in total. The molecule has 0 radical (unpaired) electrons. The zero-order chi connectivity index (χ0) is 13.4. The molecule has 1 atom stereocenters. The van der Waals surface area contributed by atoms with Crippen molar-refractivity contribution in [3.63, 3.8) is 0 Å². The van der Waals surface area contributed by atoms with Crippen LogP contribution in [-0.4, -0.2) is 35.6 Å². The van der Waals surface area contributed by atoms with Crippen LogP contribution in [0.3, 0.4) is 0 Å². The molecule has 5 heteroatoms. The van der Waals surface area contributed by atoms with Crippen LogP contribution in [0.25, 0.3) is 0 Å². The molecule has 18 heavy (non-hydrogen) atoms. The zero-order valence-electron chi connectivity index (χ0n) is 11.4. The summed E-state index contributed by atoms with van der Waals surface area (Å²) in [7, 11) is 0. The number of nitrogens with one attached hydrogen (secondary N) is 1. The molecule has 0 aliphatic carbocycles. The van der Waals surface area contributed by atoms with Crippen molar-refractivity contribution in [3.05, 3.63) is 23.9 Å². The van der Waals surface area contributed by atoms with Crippen LogP contribution in [-0.2, 0) is 6.42 Å². The SMILES string of the molecule is CCN(CC)CCC(Cc1ccnc(N)c1)NN. The molecule has 0 bridgehead atoms. The molecule has 1 unspecified atom stereocenters. The Kier molecular flexibility index (Phi) is 6.64. The maximum absolute atomic E-state index is 5.67. The van der Waals surface area contributed by atoms with E-state index in [1.54, 1.807) is 6.20 Å². The summed E-state index contributed by atoms with van der Waals surface area (Å²) in [6.45, 7) is 7.57. The number of hydrogen-bond donors (Lipinski definition) is 3. The second-order valence-electron chi connectivity index (χ2n) is 4.47. The van der Waals surface area contributed by atoms with E-state index < -0.39 is 0 Å². The van der Waals surface area contributed by atoms with Crippen LogP contribution in [0.4, 0.5) is 5.82 Å². The van der Waals surface area contributed by atoms with Gasteiger partial charge in [-0.15, -0.1) is 0 Å². The van der Waals surface area contributed by atoms with Crippen LogP contribution in [0.2, 0.25) is 0 Å². The molecule has 0 saturated heterocycles. The summed E-state index contributed by atoms with van der Waals surface area (Å²) in [5.74, 6) is 6.17. The van der Waals surface area contributed by atoms with Crippen molar-refractivity contribution in [2.24, 2.45) is 5.84 Å². The van der Waals surface area contributed by atoms with Crippen molar-refractivity contribution in [1.82, 2.24) is 15.3 Å². The smallest absolute Gasteiger partial charge is 0.123 e. The largest absolute Gasteiger partial charge is 0.384 e. The van der Waals surface area contributed by atoms with Gasteiger partial charge in [-0.2, -0.15) is 0 Å². The molecule has 0 amide bonds. The van der Waals surface area contributed by atoms with Crippen molar-refractivity contribution in [2.75, 3.05) is 25.4 Å². The van der Waals surface area contributed by atoms with E-state index in [1.165, 1.54) is 5.56 Å². The van der Waals surface area contributed by atoms with Gasteiger partial charge in [0.05, 0.1) is 0 Å². The lowest BCUT2D eigenvalue weighted by molar-refractivity contribution is 0.281. The average molecular weight is 251 g/mol. The molecular formula is C13H25N5. The summed E-state index contributed by atoms with van der Waals surface area (Å²) >= 11 is 0. The van der Waals surface area contributed by atoms with Crippen LogP contribution >= 0.6 is 0 Å². The van der Waals surface area contributed by atoms with Crippen molar-refractivity contribution in [2.45, 2.75) is 32.7 Å². The highest BCUT2D eigenvalue weighted by molar-refractivity contribution is 5.32. The molecule has 1 aromatic heterocycles. The van der Waals surface area contributed by atoms with Crippen LogP contribution in [0.15, 0.2) is 18.3 Å². The molecule has 5 N–H and O–H groups in total. The Labute approximate surface area is 110 Å². The zero-order valence-corrected chi connectivity index (χ0v) is 11.4. The first-order valence-electron chi connectivity index (χ1n) is 6.58. The van der Waals surface area contributed by atoms with E-state index in [-0.39, 0.29) is 6.04 Å². The summed E-state index contributed by atoms with van der Waals surface area (Å²) in [6.07, 6.45) is 3.65. The molecule has 0 saturated carbocycles. The fraction of sp³-hybridized carbons (Fsp3) is 0.615. The second kappa shape index (κ2) is 8.02. The summed E-state index contributed by atoms with van der Waals surface area (Å²) < 4.78 is 0. The summed E-state index contributed by atoms with van der Waals surface area (Å²) in [5.41, 5.74) is 9.73. The monoisotopic (exact) mass is 251 g/mol. The number of anilines is 1. The Hall–Kier alpha value is -1.17. The van der Waals surface area contributed by atoms with Crippen LogP contribution in [0.1, 0.15) is 25.8 Å². The lowest BCUT2D eigenvalue weighted by Crippen LogP contribution is -2.39. The molecule has 1 aromatic rings. The third-order valence-corrected chi connectivity index (χ3v) is 3.25. The van der Waals surface area contributed by atoms with Crippen molar-refractivity contribution < 1.29 is 0 Å². The van der Waals surface area contributed by atoms with Crippen molar-refractivity contribution in [1.29, 1.82) is 0 Å². The minimum absolute atomic E-state index is 0.271. The molecule has 1 heterocycles. The number of hydrazine groups is 1. The van der Waals surface area contributed by atoms with Gasteiger partial charge in [0.25, 0.3) is 0 Å². The van der Waals surface area contributed by atoms with E-state index in [4.69, 9.17) is 11.6 Å². The van der Waals surface area contributed by atoms with Crippen molar-refractivity contribution >= 4 is 5.82 Å². The van der Waals surface area contributed by atoms with E-state index in [2.05, 4.69) is 29.2 Å². The molecule has 0 aromatic carbocycles. The van der Waals surface area contributed by atoms with Gasteiger partial charge in [-0.05, 0) is 50.2 Å². The fourth-order valence-electron chi connectivity index (χ4n) is 2.03. The average Bonchev–Trinajstić information content (AvgIpc) is 2.38. The number of rotatable bonds is 8. The molecule has 0 aliphatic heterocycles. The Morgan fingerprint density at radius 3 is 2.67 bits per heavy atom. The predicted molar refractivity (Wildman–Crippen MR) is 75.9 cm³/mol. The number of nitrogens with zero attached hydrogens (tertiary/aromatic N) is 2. The molecule has 0 aliphatic rings. The fourth-order valence-corrected chi connectivity index (χ4v) is 2.03. The standard InChI is InChI=1S/C13H25N5/c1-3-18(4-2)8-6-12(17-15)9-11-5-7-16-13(14)10-11/h5,7,10,12,17H,3-4,6,8-9,15H2,1-2H3,(H2,14,16). The Balaban J connectivity index is 2.46. The molecule has 0 fully saturated rings. The first kappa shape index (κ1) is 14.9. The maximum atomic E-state index is 5.67. The first-order valence-corrected chi connectivity index (χ1v) is 6.58. The Bertz CT molecular complexity index is 338. The van der Waals surface area contributed by atoms with E-state index in [9.17, 15) is 0 Å². The third kappa shape index (κ3) is 5.00. The van der Waals surface area contributed by atoms with Crippen LogP contribution in [0.5, 0.6) is 0 Å². The summed E-state index contributed by atoms with van der Waals surface area (Å²) in [4.78, 5) is 6.39. The van der Waals surface area contributed by atoms with Crippen LogP contribution < -0.4 is 17.0 Å². The van der Waals surface area contributed by atoms with Gasteiger partial charge in [-0.25, -0.2) is 4.98 Å². The molecule has 1 rings (SSSR count). The van der Waals surface area contributed by atoms with Gasteiger partial charge in [-0.1, -0.05) is 13.8 Å². The number of nitrogens with two attached hydrogens (primary N) is 2. The van der Waals surface area contributed by atoms with E-state index in [0.29, 0.717) is 5.82 Å². The van der Waals surface area contributed by atoms with E-state index >= 15 is 0 Å². The number of pyridine rings is 1. The first-order chi connectivity index (χ1) is 8.69. The topological polar surface area (TPSA) is 80.2 Å². The number of aromatic nitrogens is 1. The Morgan fingerprint density at radius 2 is 2.11 bits per heavy atom. The molecule has 102 valence electrons. The van der Waals surface area contributed by atoms with Gasteiger partial charge < -0.3 is 10.6 Å². The highest BCUT2D eigenvalue weighted by atomic mass is 15.2. The van der Waals surface area contributed by atoms with Gasteiger partial charge >= 0.3 is 0 Å². The van der Waals surface area contributed by atoms with Gasteiger partial charge in [0.2, 0.25) is 0 Å². The highest BCUT2D eigenvalue weighted by Gasteiger charge is 2.10. The lowest BCUT2D eigenvalue weighted by Gasteiger charge is -2.22. The molecule has 0 spiro atoms. The van der Waals surface area contributed by atoms with Gasteiger partial charge in [0, 0.05) is 12.2 Å². The quantitative estimate of drug-likeness (QED) is 0.470. The minimum Gasteiger partial charge on any atom is -0.384 e. The maximum Gasteiger partial charge on any atom is 0.123 e. The number of nitrogen functional groups attached to an aromatic ring is 1. The second-order valence-corrected chi connectivity index (χ2v) is 4.47.